The Morgan fingerprint density at radius 1 is 1.16 bits per heavy atom. The molecule has 0 spiro atoms. The highest BCUT2D eigenvalue weighted by Crippen LogP contribution is 2.51. The first kappa shape index (κ1) is 20.9. The average molecular weight is 462 g/mol. The third-order valence-corrected chi connectivity index (χ3v) is 6.48. The first-order chi connectivity index (χ1) is 15.2. The van der Waals surface area contributed by atoms with Crippen LogP contribution in [0, 0.1) is 18.8 Å². The van der Waals surface area contributed by atoms with Crippen molar-refractivity contribution in [3.8, 4) is 5.69 Å². The van der Waals surface area contributed by atoms with E-state index < -0.39 is 17.8 Å². The van der Waals surface area contributed by atoms with E-state index in [-0.39, 0.29) is 29.3 Å². The van der Waals surface area contributed by atoms with Gasteiger partial charge in [-0.3, -0.25) is 14.3 Å². The van der Waals surface area contributed by atoms with Gasteiger partial charge in [-0.25, -0.2) is 4.98 Å². The minimum atomic E-state index is -4.54. The summed E-state index contributed by atoms with van der Waals surface area (Å²) in [5.74, 6) is -0.110. The van der Waals surface area contributed by atoms with Gasteiger partial charge in [0.05, 0.1) is 5.56 Å². The molecule has 2 aliphatic rings. The normalized spacial score (nSPS) is 23.1. The highest BCUT2D eigenvalue weighted by atomic mass is 35.5. The molecule has 3 aromatic rings. The van der Waals surface area contributed by atoms with E-state index in [0.29, 0.717) is 23.0 Å². The molecule has 3 heterocycles. The smallest absolute Gasteiger partial charge is 0.285 e. The maximum Gasteiger partial charge on any atom is 0.416 e. The third-order valence-electron chi connectivity index (χ3n) is 6.25. The van der Waals surface area contributed by atoms with Crippen molar-refractivity contribution in [1.82, 2.24) is 19.7 Å². The number of rotatable bonds is 3. The summed E-state index contributed by atoms with van der Waals surface area (Å²) in [4.78, 5) is 19.1. The van der Waals surface area contributed by atoms with Crippen LogP contribution in [0.3, 0.4) is 0 Å². The van der Waals surface area contributed by atoms with Crippen molar-refractivity contribution in [3.05, 3.63) is 64.8 Å². The van der Waals surface area contributed by atoms with E-state index in [0.717, 1.165) is 25.0 Å². The summed E-state index contributed by atoms with van der Waals surface area (Å²) < 4.78 is 42.2. The van der Waals surface area contributed by atoms with Gasteiger partial charge in [0.25, 0.3) is 0 Å². The number of aromatic nitrogens is 4. The van der Waals surface area contributed by atoms with Gasteiger partial charge in [-0.2, -0.15) is 13.2 Å². The molecule has 166 valence electrons. The number of hydrogen-bond acceptors (Lipinski definition) is 4. The minimum Gasteiger partial charge on any atom is -0.285 e. The van der Waals surface area contributed by atoms with Gasteiger partial charge in [-0.15, -0.1) is 10.2 Å². The van der Waals surface area contributed by atoms with Crippen molar-refractivity contribution in [2.24, 2.45) is 11.8 Å². The molecule has 32 heavy (non-hydrogen) atoms. The minimum absolute atomic E-state index is 0.0117. The van der Waals surface area contributed by atoms with E-state index in [1.807, 2.05) is 6.07 Å². The molecule has 1 aliphatic carbocycles. The Hall–Kier alpha value is -2.94. The highest BCUT2D eigenvalue weighted by Gasteiger charge is 2.53. The molecule has 0 N–H and O–H groups in total. The summed E-state index contributed by atoms with van der Waals surface area (Å²) >= 11 is 6.15. The van der Waals surface area contributed by atoms with Crippen molar-refractivity contribution in [1.29, 1.82) is 0 Å². The maximum absolute atomic E-state index is 13.5. The molecule has 5 rings (SSSR count). The van der Waals surface area contributed by atoms with Gasteiger partial charge < -0.3 is 0 Å². The standard InChI is InChI=1S/C22H19ClF3N5O/c1-12-8-13(22(24,25)26)9-18(28-12)31-19(16-6-3-7-17(16)21(31)32)20-29-27-11-30(20)15-5-2-4-14(23)10-15/h2,4-5,8-11,16-17,19H,3,6-7H2,1H3. The van der Waals surface area contributed by atoms with Crippen LogP contribution in [0.2, 0.25) is 5.02 Å². The fourth-order valence-electron chi connectivity index (χ4n) is 4.95. The first-order valence-electron chi connectivity index (χ1n) is 10.3. The molecule has 2 fully saturated rings. The predicted molar refractivity (Wildman–Crippen MR) is 111 cm³/mol. The summed E-state index contributed by atoms with van der Waals surface area (Å²) in [6, 6.07) is 8.45. The van der Waals surface area contributed by atoms with Crippen molar-refractivity contribution in [2.45, 2.75) is 38.4 Å². The number of amides is 1. The molecule has 1 aliphatic heterocycles. The molecule has 10 heteroatoms. The monoisotopic (exact) mass is 461 g/mol. The number of pyridine rings is 1. The van der Waals surface area contributed by atoms with Gasteiger partial charge in [-0.05, 0) is 56.0 Å². The van der Waals surface area contributed by atoms with E-state index in [2.05, 4.69) is 15.2 Å². The topological polar surface area (TPSA) is 63.9 Å². The molecule has 3 unspecified atom stereocenters. The highest BCUT2D eigenvalue weighted by molar-refractivity contribution is 6.30. The van der Waals surface area contributed by atoms with Gasteiger partial charge >= 0.3 is 6.18 Å². The number of fused-ring (bicyclic) bond motifs is 1. The molecule has 1 saturated carbocycles. The van der Waals surface area contributed by atoms with Crippen LogP contribution < -0.4 is 4.90 Å². The zero-order valence-corrected chi connectivity index (χ0v) is 17.8. The number of nitrogens with zero attached hydrogens (tertiary/aromatic N) is 5. The first-order valence-corrected chi connectivity index (χ1v) is 10.7. The van der Waals surface area contributed by atoms with Gasteiger partial charge in [-0.1, -0.05) is 24.1 Å². The Kier molecular flexibility index (Phi) is 4.96. The number of halogens is 4. The Balaban J connectivity index is 1.66. The number of hydrogen-bond donors (Lipinski definition) is 0. The van der Waals surface area contributed by atoms with Crippen LogP contribution in [0.5, 0.6) is 0 Å². The van der Waals surface area contributed by atoms with Crippen molar-refractivity contribution in [3.63, 3.8) is 0 Å². The number of aryl methyl sites for hydroxylation is 1. The molecule has 1 aromatic carbocycles. The van der Waals surface area contributed by atoms with Crippen molar-refractivity contribution < 1.29 is 18.0 Å². The molecule has 1 amide bonds. The largest absolute Gasteiger partial charge is 0.416 e. The molecular formula is C22H19ClF3N5O. The number of carbonyl (C=O) groups excluding carboxylic acids is 1. The van der Waals surface area contributed by atoms with Gasteiger partial charge in [0.15, 0.2) is 5.82 Å². The van der Waals surface area contributed by atoms with E-state index in [9.17, 15) is 18.0 Å². The second kappa shape index (κ2) is 7.58. The molecule has 1 saturated heterocycles. The second-order valence-electron chi connectivity index (χ2n) is 8.25. The number of alkyl halides is 3. The molecule has 3 atom stereocenters. The van der Waals surface area contributed by atoms with Crippen LogP contribution in [0.25, 0.3) is 5.69 Å². The third kappa shape index (κ3) is 3.44. The fourth-order valence-corrected chi connectivity index (χ4v) is 5.14. The summed E-state index contributed by atoms with van der Waals surface area (Å²) in [5, 5.41) is 8.86. The Bertz CT molecular complexity index is 1190. The summed E-state index contributed by atoms with van der Waals surface area (Å²) in [6.45, 7) is 1.49. The van der Waals surface area contributed by atoms with Gasteiger partial charge in [0.2, 0.25) is 5.91 Å². The lowest BCUT2D eigenvalue weighted by atomic mass is 9.93. The second-order valence-corrected chi connectivity index (χ2v) is 8.68. The van der Waals surface area contributed by atoms with E-state index >= 15 is 0 Å². The molecule has 2 aromatic heterocycles. The van der Waals surface area contributed by atoms with Crippen LogP contribution in [0.1, 0.15) is 42.4 Å². The zero-order chi connectivity index (χ0) is 22.6. The van der Waals surface area contributed by atoms with Crippen molar-refractivity contribution >= 4 is 23.3 Å². The van der Waals surface area contributed by atoms with E-state index in [1.54, 1.807) is 22.8 Å². The van der Waals surface area contributed by atoms with Crippen LogP contribution in [0.15, 0.2) is 42.7 Å². The Morgan fingerprint density at radius 3 is 2.72 bits per heavy atom. The summed E-state index contributed by atoms with van der Waals surface area (Å²) in [5.41, 5.74) is 0.0641. The Morgan fingerprint density at radius 2 is 1.97 bits per heavy atom. The maximum atomic E-state index is 13.5. The lowest BCUT2D eigenvalue weighted by molar-refractivity contribution is -0.137. The summed E-state index contributed by atoms with van der Waals surface area (Å²) in [6.07, 6.45) is -0.669. The number of carbonyl (C=O) groups is 1. The van der Waals surface area contributed by atoms with Gasteiger partial charge in [0.1, 0.15) is 18.2 Å². The quantitative estimate of drug-likeness (QED) is 0.541. The Labute approximate surface area is 187 Å². The van der Waals surface area contributed by atoms with E-state index in [4.69, 9.17) is 11.6 Å². The lowest BCUT2D eigenvalue weighted by Crippen LogP contribution is -2.33. The SMILES string of the molecule is Cc1cc(C(F)(F)F)cc(N2C(=O)C3CCCC3C2c2nncn2-c2cccc(Cl)c2)n1. The van der Waals surface area contributed by atoms with Crippen molar-refractivity contribution in [2.75, 3.05) is 4.90 Å². The predicted octanol–water partition coefficient (Wildman–Crippen LogP) is 5.15. The van der Waals surface area contributed by atoms with E-state index in [1.165, 1.54) is 18.2 Å². The zero-order valence-electron chi connectivity index (χ0n) is 17.1. The number of benzene rings is 1. The lowest BCUT2D eigenvalue weighted by Gasteiger charge is -2.27. The van der Waals surface area contributed by atoms with Crippen LogP contribution in [0.4, 0.5) is 19.0 Å². The van der Waals surface area contributed by atoms with Crippen LogP contribution >= 0.6 is 11.6 Å². The summed E-state index contributed by atoms with van der Waals surface area (Å²) in [7, 11) is 0. The number of anilines is 1. The molecular weight excluding hydrogens is 443 g/mol. The van der Waals surface area contributed by atoms with Gasteiger partial charge in [0, 0.05) is 22.3 Å². The van der Waals surface area contributed by atoms with Crippen LogP contribution in [-0.2, 0) is 11.0 Å². The van der Waals surface area contributed by atoms with Crippen LogP contribution in [-0.4, -0.2) is 25.7 Å². The average Bonchev–Trinajstić information content (AvgIpc) is 3.44. The molecule has 6 nitrogen and oxygen atoms in total. The molecule has 0 radical (unpaired) electrons. The molecule has 0 bridgehead atoms. The fraction of sp³-hybridized carbons (Fsp3) is 0.364.